The van der Waals surface area contributed by atoms with Gasteiger partial charge in [0, 0.05) is 26.6 Å². The zero-order chi connectivity index (χ0) is 14.4. The fourth-order valence-electron chi connectivity index (χ4n) is 2.47. The molecule has 1 atom stereocenters. The maximum atomic E-state index is 12.8. The molecule has 0 aliphatic carbocycles. The maximum absolute atomic E-state index is 12.8. The van der Waals surface area contributed by atoms with Crippen LogP contribution in [0.5, 0.6) is 0 Å². The van der Waals surface area contributed by atoms with Crippen LogP contribution in [0.2, 0.25) is 0 Å². The molecule has 1 aliphatic heterocycles. The molecule has 1 heterocycles. The first-order chi connectivity index (χ1) is 9.65. The van der Waals surface area contributed by atoms with E-state index in [4.69, 9.17) is 4.74 Å². The molecule has 0 bridgehead atoms. The lowest BCUT2D eigenvalue weighted by Crippen LogP contribution is -2.48. The van der Waals surface area contributed by atoms with Gasteiger partial charge in [-0.15, -0.1) is 0 Å². The lowest BCUT2D eigenvalue weighted by molar-refractivity contribution is -0.153. The van der Waals surface area contributed by atoms with Crippen molar-refractivity contribution >= 4 is 5.91 Å². The summed E-state index contributed by atoms with van der Waals surface area (Å²) in [7, 11) is 1.62. The molecule has 2 rings (SSSR count). The van der Waals surface area contributed by atoms with Crippen molar-refractivity contribution in [3.05, 3.63) is 48.0 Å². The molecule has 0 saturated carbocycles. The molecule has 0 radical (unpaired) electrons. The number of nitrogens with zero attached hydrogens (tertiary/aromatic N) is 1. The number of amides is 1. The molecule has 1 aromatic carbocycles. The Morgan fingerprint density at radius 3 is 2.70 bits per heavy atom. The molecule has 1 aromatic rings. The molecule has 3 heteroatoms. The first-order valence-corrected chi connectivity index (χ1v) is 7.19. The van der Waals surface area contributed by atoms with Crippen molar-refractivity contribution < 1.29 is 9.53 Å². The third-order valence-corrected chi connectivity index (χ3v) is 3.88. The number of hydrogen-bond donors (Lipinski definition) is 0. The monoisotopic (exact) mass is 273 g/mol. The number of ether oxygens (including phenoxy) is 1. The summed E-state index contributed by atoms with van der Waals surface area (Å²) < 4.78 is 5.51. The Morgan fingerprint density at radius 1 is 1.25 bits per heavy atom. The molecule has 0 spiro atoms. The van der Waals surface area contributed by atoms with Gasteiger partial charge in [-0.3, -0.25) is 4.79 Å². The van der Waals surface area contributed by atoms with E-state index in [9.17, 15) is 4.79 Å². The summed E-state index contributed by atoms with van der Waals surface area (Å²) in [6.45, 7) is 3.30. The normalized spacial score (nSPS) is 25.7. The Balaban J connectivity index is 2.18. The molecule has 0 saturated heterocycles. The number of methoxy groups -OCH3 is 1. The Kier molecular flexibility index (Phi) is 4.96. The fourth-order valence-corrected chi connectivity index (χ4v) is 2.47. The number of carbonyl (C=O) groups is 1. The Hall–Kier alpha value is -1.61. The first-order valence-electron chi connectivity index (χ1n) is 7.19. The molecular formula is C17H23NO2. The molecule has 20 heavy (non-hydrogen) atoms. The van der Waals surface area contributed by atoms with Gasteiger partial charge in [-0.05, 0) is 25.3 Å². The molecule has 3 nitrogen and oxygen atoms in total. The molecule has 1 unspecified atom stereocenters. The number of hydrogen-bond acceptors (Lipinski definition) is 2. The topological polar surface area (TPSA) is 29.5 Å². The van der Waals surface area contributed by atoms with Gasteiger partial charge in [0.05, 0.1) is 0 Å². The largest absolute Gasteiger partial charge is 0.368 e. The van der Waals surface area contributed by atoms with Crippen molar-refractivity contribution in [3.8, 4) is 0 Å². The minimum absolute atomic E-state index is 0.0791. The summed E-state index contributed by atoms with van der Waals surface area (Å²) in [5.74, 6) is 0.0791. The van der Waals surface area contributed by atoms with E-state index < -0.39 is 5.60 Å². The van der Waals surface area contributed by atoms with Gasteiger partial charge < -0.3 is 9.64 Å². The van der Waals surface area contributed by atoms with Crippen molar-refractivity contribution in [1.82, 2.24) is 4.90 Å². The number of benzene rings is 1. The molecular weight excluding hydrogens is 250 g/mol. The SMILES string of the molecule is COC1(C)C/C=C/CCCN(Cc2ccccc2)C1=O. The molecule has 1 amide bonds. The van der Waals surface area contributed by atoms with Gasteiger partial charge in [0.1, 0.15) is 5.60 Å². The van der Waals surface area contributed by atoms with Crippen molar-refractivity contribution in [3.63, 3.8) is 0 Å². The van der Waals surface area contributed by atoms with Crippen molar-refractivity contribution in [2.75, 3.05) is 13.7 Å². The van der Waals surface area contributed by atoms with E-state index >= 15 is 0 Å². The standard InChI is InChI=1S/C17H23NO2/c1-17(20-2)12-8-3-4-9-13-18(16(17)19)14-15-10-6-5-7-11-15/h3,5-8,10-11H,4,9,12-14H2,1-2H3/b8-3+. The van der Waals surface area contributed by atoms with Gasteiger partial charge >= 0.3 is 0 Å². The summed E-state index contributed by atoms with van der Waals surface area (Å²) in [5.41, 5.74) is 0.404. The second-order valence-corrected chi connectivity index (χ2v) is 5.47. The summed E-state index contributed by atoms with van der Waals surface area (Å²) >= 11 is 0. The first kappa shape index (κ1) is 14.8. The average molecular weight is 273 g/mol. The van der Waals surface area contributed by atoms with E-state index in [-0.39, 0.29) is 5.91 Å². The van der Waals surface area contributed by atoms with E-state index in [1.807, 2.05) is 30.0 Å². The highest BCUT2D eigenvalue weighted by Crippen LogP contribution is 2.22. The molecule has 0 N–H and O–H groups in total. The maximum Gasteiger partial charge on any atom is 0.255 e. The van der Waals surface area contributed by atoms with E-state index in [1.165, 1.54) is 0 Å². The number of rotatable bonds is 3. The predicted octanol–water partition coefficient (Wildman–Crippen LogP) is 3.16. The Labute approximate surface area is 121 Å². The van der Waals surface area contributed by atoms with Crippen molar-refractivity contribution in [2.24, 2.45) is 0 Å². The fraction of sp³-hybridized carbons (Fsp3) is 0.471. The quantitative estimate of drug-likeness (QED) is 0.792. The van der Waals surface area contributed by atoms with Gasteiger partial charge in [0.2, 0.25) is 0 Å². The highest BCUT2D eigenvalue weighted by molar-refractivity contribution is 5.85. The van der Waals surface area contributed by atoms with Gasteiger partial charge in [-0.2, -0.15) is 0 Å². The third-order valence-electron chi connectivity index (χ3n) is 3.88. The minimum Gasteiger partial charge on any atom is -0.368 e. The van der Waals surface area contributed by atoms with Crippen LogP contribution in [0.3, 0.4) is 0 Å². The van der Waals surface area contributed by atoms with Gasteiger partial charge in [0.25, 0.3) is 5.91 Å². The zero-order valence-electron chi connectivity index (χ0n) is 12.3. The smallest absolute Gasteiger partial charge is 0.255 e. The van der Waals surface area contributed by atoms with Gasteiger partial charge in [-0.1, -0.05) is 42.5 Å². The second-order valence-electron chi connectivity index (χ2n) is 5.47. The second kappa shape index (κ2) is 6.71. The Bertz CT molecular complexity index is 469. The number of allylic oxidation sites excluding steroid dienone is 1. The lowest BCUT2D eigenvalue weighted by atomic mass is 9.99. The van der Waals surface area contributed by atoms with E-state index in [1.54, 1.807) is 7.11 Å². The third kappa shape index (κ3) is 3.48. The summed E-state index contributed by atoms with van der Waals surface area (Å²) in [6.07, 6.45) is 6.85. The highest BCUT2D eigenvalue weighted by atomic mass is 16.5. The lowest BCUT2D eigenvalue weighted by Gasteiger charge is -2.32. The highest BCUT2D eigenvalue weighted by Gasteiger charge is 2.35. The van der Waals surface area contributed by atoms with Crippen LogP contribution in [-0.2, 0) is 16.1 Å². The van der Waals surface area contributed by atoms with Crippen LogP contribution in [0.4, 0.5) is 0 Å². The van der Waals surface area contributed by atoms with Crippen LogP contribution < -0.4 is 0 Å². The van der Waals surface area contributed by atoms with E-state index in [0.717, 1.165) is 24.9 Å². The van der Waals surface area contributed by atoms with Crippen LogP contribution in [-0.4, -0.2) is 30.1 Å². The number of carbonyl (C=O) groups excluding carboxylic acids is 1. The van der Waals surface area contributed by atoms with Gasteiger partial charge in [0.15, 0.2) is 0 Å². The minimum atomic E-state index is -0.754. The Morgan fingerprint density at radius 2 is 2.00 bits per heavy atom. The molecule has 0 aromatic heterocycles. The van der Waals surface area contributed by atoms with E-state index in [0.29, 0.717) is 13.0 Å². The zero-order valence-corrected chi connectivity index (χ0v) is 12.3. The van der Waals surface area contributed by atoms with Crippen LogP contribution in [0.15, 0.2) is 42.5 Å². The summed E-state index contributed by atoms with van der Waals surface area (Å²) in [4.78, 5) is 14.7. The van der Waals surface area contributed by atoms with Crippen LogP contribution in [0.1, 0.15) is 31.7 Å². The summed E-state index contributed by atoms with van der Waals surface area (Å²) in [5, 5.41) is 0. The van der Waals surface area contributed by atoms with E-state index in [2.05, 4.69) is 24.3 Å². The van der Waals surface area contributed by atoms with Crippen LogP contribution in [0.25, 0.3) is 0 Å². The van der Waals surface area contributed by atoms with Crippen molar-refractivity contribution in [1.29, 1.82) is 0 Å². The van der Waals surface area contributed by atoms with Crippen LogP contribution in [0, 0.1) is 0 Å². The van der Waals surface area contributed by atoms with Crippen molar-refractivity contribution in [2.45, 2.75) is 38.3 Å². The predicted molar refractivity (Wildman–Crippen MR) is 80.3 cm³/mol. The summed E-state index contributed by atoms with van der Waals surface area (Å²) in [6, 6.07) is 10.1. The molecule has 1 aliphatic rings. The average Bonchev–Trinajstić information content (AvgIpc) is 2.54. The van der Waals surface area contributed by atoms with Gasteiger partial charge in [-0.25, -0.2) is 0 Å². The van der Waals surface area contributed by atoms with Crippen LogP contribution >= 0.6 is 0 Å². The molecule has 108 valence electrons. The molecule has 0 fully saturated rings.